The molecule has 0 bridgehead atoms. The van der Waals surface area contributed by atoms with Crippen LogP contribution < -0.4 is 5.32 Å². The largest absolute Gasteiger partial charge is 0.411 e. The second-order valence-corrected chi connectivity index (χ2v) is 6.56. The summed E-state index contributed by atoms with van der Waals surface area (Å²) in [6.07, 6.45) is 4.07. The first kappa shape index (κ1) is 17.6. The summed E-state index contributed by atoms with van der Waals surface area (Å²) in [5, 5.41) is 9.36. The van der Waals surface area contributed by atoms with E-state index in [0.29, 0.717) is 0 Å². The molecule has 1 aromatic carbocycles. The minimum Gasteiger partial charge on any atom is -0.411 e. The summed E-state index contributed by atoms with van der Waals surface area (Å²) >= 11 is 0. The third-order valence-corrected chi connectivity index (χ3v) is 4.85. The average molecular weight is 348 g/mol. The lowest BCUT2D eigenvalue weighted by atomic mass is 10.2. The van der Waals surface area contributed by atoms with Crippen LogP contribution in [0.3, 0.4) is 0 Å². The van der Waals surface area contributed by atoms with Crippen LogP contribution in [-0.4, -0.2) is 41.9 Å². The summed E-state index contributed by atoms with van der Waals surface area (Å²) in [7, 11) is -3.70. The van der Waals surface area contributed by atoms with E-state index in [1.807, 2.05) is 0 Å². The minimum atomic E-state index is -3.70. The van der Waals surface area contributed by atoms with Crippen LogP contribution in [-0.2, 0) is 10.0 Å². The Bertz CT molecular complexity index is 804. The van der Waals surface area contributed by atoms with Crippen molar-refractivity contribution in [2.24, 2.45) is 0 Å². The fourth-order valence-corrected chi connectivity index (χ4v) is 3.26. The number of aromatic nitrogens is 2. The summed E-state index contributed by atoms with van der Waals surface area (Å²) < 4.78 is 31.1. The highest BCUT2D eigenvalue weighted by Gasteiger charge is 2.22. The van der Waals surface area contributed by atoms with Gasteiger partial charge in [-0.2, -0.15) is 4.31 Å². The Morgan fingerprint density at radius 1 is 1.21 bits per heavy atom. The van der Waals surface area contributed by atoms with Gasteiger partial charge < -0.3 is 4.42 Å². The lowest BCUT2D eigenvalue weighted by Crippen LogP contribution is -2.31. The molecule has 0 aliphatic carbocycles. The maximum atomic E-state index is 12.5. The highest BCUT2D eigenvalue weighted by atomic mass is 32.2. The van der Waals surface area contributed by atoms with E-state index in [0.717, 1.165) is 6.39 Å². The Balaban J connectivity index is 2.19. The summed E-state index contributed by atoms with van der Waals surface area (Å²) in [5.41, 5.74) is 0.256. The predicted octanol–water partition coefficient (Wildman–Crippen LogP) is 1.68. The van der Waals surface area contributed by atoms with Gasteiger partial charge in [0.25, 0.3) is 5.91 Å². The number of nitrogens with zero attached hydrogens (tertiary/aromatic N) is 3. The maximum Gasteiger partial charge on any atom is 0.322 e. The summed E-state index contributed by atoms with van der Waals surface area (Å²) in [4.78, 5) is 12.1. The molecule has 1 amide bonds. The maximum absolute atomic E-state index is 12.5. The molecule has 126 valence electrons. The number of nitrogens with one attached hydrogen (secondary N) is 1. The first-order chi connectivity index (χ1) is 11.5. The second-order valence-electron chi connectivity index (χ2n) is 4.62. The standard InChI is InChI=1S/C15H16N4O4S/c1-3-9-19(10-4-2)24(21,22)13-7-5-12(6-8-13)14(20)17-15-18-16-11-23-15/h3-8,11H,1-2,9-10H2,(H,17,18,20). The van der Waals surface area contributed by atoms with E-state index in [1.165, 1.54) is 40.7 Å². The van der Waals surface area contributed by atoms with Crippen molar-refractivity contribution in [3.8, 4) is 0 Å². The zero-order valence-corrected chi connectivity index (χ0v) is 13.6. The monoisotopic (exact) mass is 348 g/mol. The quantitative estimate of drug-likeness (QED) is 0.728. The van der Waals surface area contributed by atoms with Crippen molar-refractivity contribution in [2.75, 3.05) is 18.4 Å². The second kappa shape index (κ2) is 7.66. The van der Waals surface area contributed by atoms with Crippen molar-refractivity contribution in [1.29, 1.82) is 0 Å². The van der Waals surface area contributed by atoms with Crippen LogP contribution >= 0.6 is 0 Å². The number of carbonyl (C=O) groups is 1. The molecule has 0 saturated carbocycles. The fraction of sp³-hybridized carbons (Fsp3) is 0.133. The summed E-state index contributed by atoms with van der Waals surface area (Å²) in [5.74, 6) is -0.489. The van der Waals surface area contributed by atoms with E-state index in [-0.39, 0.29) is 29.6 Å². The number of benzene rings is 1. The number of carbonyl (C=O) groups excluding carboxylic acids is 1. The van der Waals surface area contributed by atoms with Crippen LogP contribution in [0.25, 0.3) is 0 Å². The molecular formula is C15H16N4O4S. The Labute approximate surface area is 139 Å². The average Bonchev–Trinajstić information content (AvgIpc) is 3.07. The molecule has 0 aliphatic heterocycles. The fourth-order valence-electron chi connectivity index (χ4n) is 1.88. The Hall–Kier alpha value is -2.78. The van der Waals surface area contributed by atoms with E-state index in [9.17, 15) is 13.2 Å². The van der Waals surface area contributed by atoms with Crippen LogP contribution in [0.5, 0.6) is 0 Å². The van der Waals surface area contributed by atoms with E-state index in [2.05, 4.69) is 28.7 Å². The van der Waals surface area contributed by atoms with Crippen LogP contribution in [0.4, 0.5) is 6.01 Å². The van der Waals surface area contributed by atoms with Crippen molar-refractivity contribution in [3.63, 3.8) is 0 Å². The molecule has 2 aromatic rings. The molecular weight excluding hydrogens is 332 g/mol. The number of sulfonamides is 1. The smallest absolute Gasteiger partial charge is 0.322 e. The van der Waals surface area contributed by atoms with Gasteiger partial charge in [-0.1, -0.05) is 17.3 Å². The molecule has 0 aliphatic rings. The lowest BCUT2D eigenvalue weighted by Gasteiger charge is -2.19. The number of rotatable bonds is 8. The minimum absolute atomic E-state index is 0.0418. The normalized spacial score (nSPS) is 11.2. The third kappa shape index (κ3) is 3.94. The molecule has 8 nitrogen and oxygen atoms in total. The molecule has 1 heterocycles. The van der Waals surface area contributed by atoms with Crippen molar-refractivity contribution < 1.29 is 17.6 Å². The first-order valence-corrected chi connectivity index (χ1v) is 8.32. The number of amides is 1. The van der Waals surface area contributed by atoms with E-state index < -0.39 is 15.9 Å². The molecule has 0 unspecified atom stereocenters. The SMILES string of the molecule is C=CCN(CC=C)S(=O)(=O)c1ccc(C(=O)Nc2nnco2)cc1. The molecule has 0 spiro atoms. The van der Waals surface area contributed by atoms with Crippen LogP contribution in [0.1, 0.15) is 10.4 Å². The topological polar surface area (TPSA) is 105 Å². The predicted molar refractivity (Wildman–Crippen MR) is 87.8 cm³/mol. The van der Waals surface area contributed by atoms with Gasteiger partial charge >= 0.3 is 6.01 Å². The van der Waals surface area contributed by atoms with Gasteiger partial charge in [0.15, 0.2) is 0 Å². The zero-order chi connectivity index (χ0) is 17.6. The van der Waals surface area contributed by atoms with Gasteiger partial charge in [0.1, 0.15) is 0 Å². The Morgan fingerprint density at radius 3 is 2.33 bits per heavy atom. The number of hydrogen-bond acceptors (Lipinski definition) is 6. The number of hydrogen-bond donors (Lipinski definition) is 1. The van der Waals surface area contributed by atoms with Gasteiger partial charge in [0.2, 0.25) is 16.4 Å². The molecule has 1 N–H and O–H groups in total. The Morgan fingerprint density at radius 2 is 1.83 bits per heavy atom. The van der Waals surface area contributed by atoms with Crippen molar-refractivity contribution in [3.05, 3.63) is 61.5 Å². The molecule has 0 fully saturated rings. The van der Waals surface area contributed by atoms with E-state index in [4.69, 9.17) is 4.42 Å². The van der Waals surface area contributed by atoms with Crippen LogP contribution in [0, 0.1) is 0 Å². The van der Waals surface area contributed by atoms with Gasteiger partial charge in [-0.3, -0.25) is 10.1 Å². The van der Waals surface area contributed by atoms with Gasteiger partial charge in [0, 0.05) is 18.7 Å². The van der Waals surface area contributed by atoms with Crippen molar-refractivity contribution in [1.82, 2.24) is 14.5 Å². The van der Waals surface area contributed by atoms with Gasteiger partial charge in [0.05, 0.1) is 4.90 Å². The van der Waals surface area contributed by atoms with Gasteiger partial charge in [-0.15, -0.1) is 18.3 Å². The van der Waals surface area contributed by atoms with E-state index in [1.54, 1.807) is 0 Å². The van der Waals surface area contributed by atoms with Gasteiger partial charge in [-0.05, 0) is 24.3 Å². The van der Waals surface area contributed by atoms with Crippen molar-refractivity contribution in [2.45, 2.75) is 4.90 Å². The molecule has 0 radical (unpaired) electrons. The van der Waals surface area contributed by atoms with E-state index >= 15 is 0 Å². The molecule has 24 heavy (non-hydrogen) atoms. The molecule has 2 rings (SSSR count). The zero-order valence-electron chi connectivity index (χ0n) is 12.8. The van der Waals surface area contributed by atoms with Gasteiger partial charge in [-0.25, -0.2) is 8.42 Å². The molecule has 1 aromatic heterocycles. The molecule has 0 saturated heterocycles. The number of anilines is 1. The third-order valence-electron chi connectivity index (χ3n) is 3.00. The first-order valence-electron chi connectivity index (χ1n) is 6.88. The lowest BCUT2D eigenvalue weighted by molar-refractivity contribution is 0.102. The van der Waals surface area contributed by atoms with Crippen LogP contribution in [0.15, 0.2) is 65.3 Å². The Kier molecular flexibility index (Phi) is 5.61. The molecule has 0 atom stereocenters. The summed E-state index contributed by atoms with van der Waals surface area (Å²) in [6, 6.07) is 5.48. The highest BCUT2D eigenvalue weighted by Crippen LogP contribution is 2.17. The highest BCUT2D eigenvalue weighted by molar-refractivity contribution is 7.89. The van der Waals surface area contributed by atoms with Crippen LogP contribution in [0.2, 0.25) is 0 Å². The molecule has 9 heteroatoms. The van der Waals surface area contributed by atoms with Crippen molar-refractivity contribution >= 4 is 21.9 Å². The summed E-state index contributed by atoms with van der Waals surface area (Å²) in [6.45, 7) is 7.42.